The predicted molar refractivity (Wildman–Crippen MR) is 135 cm³/mol. The van der Waals surface area contributed by atoms with Gasteiger partial charge >= 0.3 is 6.18 Å². The molecule has 14 heteroatoms. The van der Waals surface area contributed by atoms with Gasteiger partial charge in [-0.05, 0) is 42.8 Å². The Morgan fingerprint density at radius 3 is 2.46 bits per heavy atom. The first kappa shape index (κ1) is 27.6. The lowest BCUT2D eigenvalue weighted by atomic mass is 9.92. The average Bonchev–Trinajstić information content (AvgIpc) is 3.51. The molecule has 2 aromatic carbocycles. The number of halogens is 5. The number of benzene rings is 2. The van der Waals surface area contributed by atoms with E-state index >= 15 is 0 Å². The lowest BCUT2D eigenvalue weighted by Gasteiger charge is -2.42. The van der Waals surface area contributed by atoms with Crippen LogP contribution < -0.4 is 0 Å². The fourth-order valence-electron chi connectivity index (χ4n) is 4.66. The van der Waals surface area contributed by atoms with Crippen molar-refractivity contribution >= 4 is 23.2 Å². The summed E-state index contributed by atoms with van der Waals surface area (Å²) >= 11 is 12.1. The summed E-state index contributed by atoms with van der Waals surface area (Å²) in [6.07, 6.45) is -7.29. The maximum atomic E-state index is 13.9. The first-order valence-electron chi connectivity index (χ1n) is 11.7. The molecule has 0 amide bonds. The van der Waals surface area contributed by atoms with Crippen LogP contribution in [0.3, 0.4) is 0 Å². The van der Waals surface area contributed by atoms with Gasteiger partial charge in [-0.1, -0.05) is 35.3 Å². The predicted octanol–water partition coefficient (Wildman–Crippen LogP) is 4.16. The Bertz CT molecular complexity index is 1490. The smallest absolute Gasteiger partial charge is 0.394 e. The lowest BCUT2D eigenvalue weighted by Crippen LogP contribution is -2.53. The highest BCUT2D eigenvalue weighted by molar-refractivity contribution is 6.31. The second kappa shape index (κ2) is 10.5. The third-order valence-electron chi connectivity index (χ3n) is 6.44. The lowest BCUT2D eigenvalue weighted by molar-refractivity contribution is -0.210. The SMILES string of the molecule is Cc1nc([C@@H]2OC(CO)[C@H](O)[C@H](n3cc(-c4cccc(Cl)c4)cn3)C2O)n(-c2cc(Cl)ccc2C(F)(F)F)n1. The van der Waals surface area contributed by atoms with Gasteiger partial charge in [0.15, 0.2) is 5.82 Å². The van der Waals surface area contributed by atoms with Gasteiger partial charge in [0.1, 0.15) is 36.3 Å². The molecule has 0 aliphatic carbocycles. The molecule has 1 aliphatic heterocycles. The van der Waals surface area contributed by atoms with Crippen LogP contribution in [0.25, 0.3) is 16.8 Å². The molecule has 2 aromatic heterocycles. The van der Waals surface area contributed by atoms with E-state index in [1.165, 1.54) is 17.8 Å². The normalized spacial score (nSPS) is 23.8. The van der Waals surface area contributed by atoms with E-state index in [1.54, 1.807) is 30.5 Å². The molecule has 0 radical (unpaired) electrons. The number of alkyl halides is 3. The van der Waals surface area contributed by atoms with E-state index < -0.39 is 54.5 Å². The minimum absolute atomic E-state index is 0.0221. The maximum Gasteiger partial charge on any atom is 0.418 e. The van der Waals surface area contributed by atoms with Crippen molar-refractivity contribution in [2.45, 2.75) is 43.6 Å². The van der Waals surface area contributed by atoms with Gasteiger partial charge in [-0.2, -0.15) is 23.4 Å². The molecule has 5 rings (SSSR count). The van der Waals surface area contributed by atoms with Gasteiger partial charge < -0.3 is 20.1 Å². The van der Waals surface area contributed by atoms with Gasteiger partial charge in [0.2, 0.25) is 0 Å². The zero-order chi connectivity index (χ0) is 28.1. The van der Waals surface area contributed by atoms with Gasteiger partial charge in [-0.15, -0.1) is 0 Å². The highest BCUT2D eigenvalue weighted by atomic mass is 35.5. The third-order valence-corrected chi connectivity index (χ3v) is 6.91. The number of hydrogen-bond donors (Lipinski definition) is 3. The number of aliphatic hydroxyl groups excluding tert-OH is 3. The van der Waals surface area contributed by atoms with E-state index in [0.29, 0.717) is 10.6 Å². The topological polar surface area (TPSA) is 118 Å². The molecule has 1 fully saturated rings. The summed E-state index contributed by atoms with van der Waals surface area (Å²) in [5, 5.41) is 41.3. The summed E-state index contributed by atoms with van der Waals surface area (Å²) < 4.78 is 49.6. The molecule has 0 spiro atoms. The number of nitrogens with zero attached hydrogens (tertiary/aromatic N) is 5. The minimum Gasteiger partial charge on any atom is -0.394 e. The van der Waals surface area contributed by atoms with E-state index in [4.69, 9.17) is 27.9 Å². The molecule has 3 heterocycles. The van der Waals surface area contributed by atoms with Crippen molar-refractivity contribution < 1.29 is 33.2 Å². The van der Waals surface area contributed by atoms with Gasteiger partial charge in [0.05, 0.1) is 24.1 Å². The number of ether oxygens (including phenoxy) is 1. The Morgan fingerprint density at radius 1 is 1.03 bits per heavy atom. The van der Waals surface area contributed by atoms with Crippen molar-refractivity contribution in [2.75, 3.05) is 6.61 Å². The molecule has 0 bridgehead atoms. The Kier molecular flexibility index (Phi) is 7.44. The molecular formula is C25H22Cl2F3N5O4. The fourth-order valence-corrected chi connectivity index (χ4v) is 5.02. The van der Waals surface area contributed by atoms with Crippen LogP contribution in [0, 0.1) is 6.92 Å². The van der Waals surface area contributed by atoms with Crippen molar-refractivity contribution in [1.29, 1.82) is 0 Å². The number of aliphatic hydroxyl groups is 3. The van der Waals surface area contributed by atoms with Gasteiger partial charge in [0.25, 0.3) is 0 Å². The third kappa shape index (κ3) is 5.28. The highest BCUT2D eigenvalue weighted by Gasteiger charge is 2.48. The number of hydrogen-bond acceptors (Lipinski definition) is 7. The Labute approximate surface area is 230 Å². The van der Waals surface area contributed by atoms with Crippen LogP contribution in [0.1, 0.15) is 29.4 Å². The largest absolute Gasteiger partial charge is 0.418 e. The van der Waals surface area contributed by atoms with Gasteiger partial charge in [-0.3, -0.25) is 4.68 Å². The van der Waals surface area contributed by atoms with Gasteiger partial charge in [-0.25, -0.2) is 9.67 Å². The van der Waals surface area contributed by atoms with Gasteiger partial charge in [0, 0.05) is 21.8 Å². The first-order chi connectivity index (χ1) is 18.5. The van der Waals surface area contributed by atoms with Crippen molar-refractivity contribution in [3.63, 3.8) is 0 Å². The van der Waals surface area contributed by atoms with Crippen LogP contribution in [0.2, 0.25) is 10.0 Å². The highest BCUT2D eigenvalue weighted by Crippen LogP contribution is 2.41. The van der Waals surface area contributed by atoms with Crippen LogP contribution in [0.5, 0.6) is 0 Å². The second-order valence-corrected chi connectivity index (χ2v) is 9.93. The Morgan fingerprint density at radius 2 is 1.77 bits per heavy atom. The maximum absolute atomic E-state index is 13.9. The first-order valence-corrected chi connectivity index (χ1v) is 12.5. The Balaban J connectivity index is 1.58. The molecule has 9 nitrogen and oxygen atoms in total. The van der Waals surface area contributed by atoms with Crippen molar-refractivity contribution in [1.82, 2.24) is 24.5 Å². The van der Waals surface area contributed by atoms with Crippen LogP contribution in [-0.2, 0) is 10.9 Å². The molecular weight excluding hydrogens is 562 g/mol. The molecule has 206 valence electrons. The van der Waals surface area contributed by atoms with Crippen LogP contribution >= 0.6 is 23.2 Å². The summed E-state index contributed by atoms with van der Waals surface area (Å²) in [5.41, 5.74) is -0.0897. The molecule has 1 saturated heterocycles. The van der Waals surface area contributed by atoms with Crippen LogP contribution in [-0.4, -0.2) is 64.8 Å². The van der Waals surface area contributed by atoms with Crippen molar-refractivity contribution in [3.8, 4) is 16.8 Å². The second-order valence-electron chi connectivity index (χ2n) is 9.06. The molecule has 2 unspecified atom stereocenters. The molecule has 0 saturated carbocycles. The van der Waals surface area contributed by atoms with Crippen LogP contribution in [0.15, 0.2) is 54.9 Å². The molecule has 4 aromatic rings. The van der Waals surface area contributed by atoms with E-state index in [0.717, 1.165) is 28.4 Å². The van der Waals surface area contributed by atoms with E-state index in [-0.39, 0.29) is 16.7 Å². The average molecular weight is 584 g/mol. The number of aromatic nitrogens is 5. The van der Waals surface area contributed by atoms with Crippen LogP contribution in [0.4, 0.5) is 13.2 Å². The quantitative estimate of drug-likeness (QED) is 0.323. The number of rotatable bonds is 5. The van der Waals surface area contributed by atoms with E-state index in [2.05, 4.69) is 15.2 Å². The summed E-state index contributed by atoms with van der Waals surface area (Å²) in [4.78, 5) is 4.25. The summed E-state index contributed by atoms with van der Waals surface area (Å²) in [7, 11) is 0. The number of aryl methyl sites for hydroxylation is 1. The zero-order valence-electron chi connectivity index (χ0n) is 20.2. The molecule has 1 aliphatic rings. The summed E-state index contributed by atoms with van der Waals surface area (Å²) in [5.74, 6) is -0.0789. The summed E-state index contributed by atoms with van der Waals surface area (Å²) in [6.45, 7) is 0.815. The standard InChI is InChI=1S/C25H22Cl2F3N5O4/c1-12-32-24(35(33-12)18-8-16(27)5-6-17(18)25(28,29)30)23-22(38)20(21(37)19(11-36)39-23)34-10-14(9-31-34)13-3-2-4-15(26)7-13/h2-10,19-23,36-38H,11H2,1H3/t19?,20-,21-,22?,23+/m0/s1. The zero-order valence-corrected chi connectivity index (χ0v) is 21.7. The van der Waals surface area contributed by atoms with E-state index in [1.807, 2.05) is 0 Å². The van der Waals surface area contributed by atoms with E-state index in [9.17, 15) is 28.5 Å². The molecule has 5 atom stereocenters. The van der Waals surface area contributed by atoms with Crippen molar-refractivity contribution in [2.24, 2.45) is 0 Å². The molecule has 39 heavy (non-hydrogen) atoms. The molecule has 3 N–H and O–H groups in total. The Hall–Kier alpha value is -3.00. The van der Waals surface area contributed by atoms with Crippen molar-refractivity contribution in [3.05, 3.63) is 82.1 Å². The monoisotopic (exact) mass is 583 g/mol. The minimum atomic E-state index is -4.75. The summed E-state index contributed by atoms with van der Waals surface area (Å²) in [6, 6.07) is 8.82. The fraction of sp³-hybridized carbons (Fsp3) is 0.320.